The van der Waals surface area contributed by atoms with Crippen LogP contribution in [0.25, 0.3) is 0 Å². The lowest BCUT2D eigenvalue weighted by Crippen LogP contribution is -2.40. The lowest BCUT2D eigenvalue weighted by molar-refractivity contribution is 0.0704. The van der Waals surface area contributed by atoms with E-state index in [2.05, 4.69) is 34.7 Å². The summed E-state index contributed by atoms with van der Waals surface area (Å²) in [5.74, 6) is 1.55. The van der Waals surface area contributed by atoms with E-state index in [0.29, 0.717) is 5.92 Å². The number of para-hydroxylation sites is 1. The number of imidazole rings is 1. The summed E-state index contributed by atoms with van der Waals surface area (Å²) in [6.45, 7) is 3.60. The molecule has 2 aromatic rings. The first kappa shape index (κ1) is 20.4. The van der Waals surface area contributed by atoms with Gasteiger partial charge in [0.25, 0.3) is 5.91 Å². The van der Waals surface area contributed by atoms with E-state index in [-0.39, 0.29) is 5.91 Å². The number of benzene rings is 1. The molecule has 0 unspecified atom stereocenters. The highest BCUT2D eigenvalue weighted by atomic mass is 16.2. The van der Waals surface area contributed by atoms with Gasteiger partial charge in [0.1, 0.15) is 5.82 Å². The maximum atomic E-state index is 13.2. The van der Waals surface area contributed by atoms with Crippen molar-refractivity contribution in [3.05, 3.63) is 48.0 Å². The van der Waals surface area contributed by atoms with Crippen LogP contribution in [0.2, 0.25) is 0 Å². The summed E-state index contributed by atoms with van der Waals surface area (Å²) in [4.78, 5) is 24.1. The number of aryl methyl sites for hydroxylation is 1. The van der Waals surface area contributed by atoms with E-state index in [1.54, 1.807) is 0 Å². The highest BCUT2D eigenvalue weighted by Gasteiger charge is 2.29. The molecule has 1 atom stereocenters. The van der Waals surface area contributed by atoms with Gasteiger partial charge in [-0.3, -0.25) is 4.79 Å². The molecular formula is C22H33N5O. The number of amides is 1. The van der Waals surface area contributed by atoms with E-state index < -0.39 is 0 Å². The number of carbonyl (C=O) groups is 1. The molecule has 1 aromatic heterocycles. The first-order chi connectivity index (χ1) is 13.5. The van der Waals surface area contributed by atoms with Crippen molar-refractivity contribution in [2.75, 3.05) is 52.7 Å². The van der Waals surface area contributed by atoms with Gasteiger partial charge in [-0.05, 0) is 52.0 Å². The van der Waals surface area contributed by atoms with Crippen LogP contribution < -0.4 is 4.90 Å². The van der Waals surface area contributed by atoms with Gasteiger partial charge in [0.15, 0.2) is 0 Å². The Hall–Kier alpha value is -2.34. The number of hydrogen-bond acceptors (Lipinski definition) is 4. The average Bonchev–Trinajstić information content (AvgIpc) is 3.15. The second-order valence-corrected chi connectivity index (χ2v) is 8.14. The third kappa shape index (κ3) is 4.73. The van der Waals surface area contributed by atoms with Crippen molar-refractivity contribution >= 4 is 11.6 Å². The Morgan fingerprint density at radius 1 is 1.21 bits per heavy atom. The van der Waals surface area contributed by atoms with E-state index in [4.69, 9.17) is 0 Å². The smallest absolute Gasteiger partial charge is 0.255 e. The summed E-state index contributed by atoms with van der Waals surface area (Å²) >= 11 is 0. The van der Waals surface area contributed by atoms with Crippen LogP contribution in [0.5, 0.6) is 0 Å². The quantitative estimate of drug-likeness (QED) is 0.737. The zero-order valence-electron chi connectivity index (χ0n) is 17.6. The summed E-state index contributed by atoms with van der Waals surface area (Å²) in [5.41, 5.74) is 1.75. The minimum atomic E-state index is 0.125. The summed E-state index contributed by atoms with van der Waals surface area (Å²) in [6, 6.07) is 7.87. The third-order valence-electron chi connectivity index (χ3n) is 5.44. The number of aromatic nitrogens is 2. The van der Waals surface area contributed by atoms with Gasteiger partial charge in [0.2, 0.25) is 0 Å². The molecule has 0 aliphatic carbocycles. The minimum Gasteiger partial charge on any atom is -0.377 e. The lowest BCUT2D eigenvalue weighted by atomic mass is 9.96. The fourth-order valence-electron chi connectivity index (χ4n) is 4.01. The molecule has 6 nitrogen and oxygen atoms in total. The second-order valence-electron chi connectivity index (χ2n) is 8.14. The predicted molar refractivity (Wildman–Crippen MR) is 114 cm³/mol. The summed E-state index contributed by atoms with van der Waals surface area (Å²) in [6.07, 6.45) is 7.18. The molecule has 0 saturated carbocycles. The van der Waals surface area contributed by atoms with Gasteiger partial charge in [0.05, 0.1) is 5.56 Å². The first-order valence-electron chi connectivity index (χ1n) is 10.2. The normalized spacial score (nSPS) is 17.2. The lowest BCUT2D eigenvalue weighted by Gasteiger charge is -2.33. The SMILES string of the molecule is CN(C)CCCn1ccnc1[C@H]1CCCN(C(=O)c2ccccc2N(C)C)C1. The van der Waals surface area contributed by atoms with Gasteiger partial charge in [-0.1, -0.05) is 12.1 Å². The number of likely N-dealkylation sites (tertiary alicyclic amines) is 1. The van der Waals surface area contributed by atoms with E-state index in [1.807, 2.05) is 54.4 Å². The van der Waals surface area contributed by atoms with Crippen molar-refractivity contribution in [1.82, 2.24) is 19.4 Å². The maximum absolute atomic E-state index is 13.2. The van der Waals surface area contributed by atoms with Crippen molar-refractivity contribution in [3.63, 3.8) is 0 Å². The molecule has 1 aliphatic rings. The van der Waals surface area contributed by atoms with Crippen LogP contribution in [0.4, 0.5) is 5.69 Å². The number of carbonyl (C=O) groups excluding carboxylic acids is 1. The van der Waals surface area contributed by atoms with Crippen molar-refractivity contribution in [2.45, 2.75) is 31.7 Å². The van der Waals surface area contributed by atoms with Crippen LogP contribution in [-0.4, -0.2) is 73.1 Å². The van der Waals surface area contributed by atoms with Gasteiger partial charge in [-0.15, -0.1) is 0 Å². The standard InChI is InChI=1S/C22H33N5O/c1-24(2)13-8-15-26-16-12-23-21(26)18-9-7-14-27(17-18)22(28)19-10-5-6-11-20(19)25(3)4/h5-6,10-12,16,18H,7-9,13-15,17H2,1-4H3/t18-/m0/s1. The molecular weight excluding hydrogens is 350 g/mol. The van der Waals surface area contributed by atoms with Gasteiger partial charge in [-0.2, -0.15) is 0 Å². The number of hydrogen-bond donors (Lipinski definition) is 0. The summed E-state index contributed by atoms with van der Waals surface area (Å²) < 4.78 is 2.27. The van der Waals surface area contributed by atoms with E-state index >= 15 is 0 Å². The Labute approximate surface area is 168 Å². The number of rotatable bonds is 7. The number of nitrogens with zero attached hydrogens (tertiary/aromatic N) is 5. The molecule has 28 heavy (non-hydrogen) atoms. The molecule has 1 fully saturated rings. The third-order valence-corrected chi connectivity index (χ3v) is 5.44. The van der Waals surface area contributed by atoms with Crippen molar-refractivity contribution in [2.24, 2.45) is 0 Å². The zero-order valence-corrected chi connectivity index (χ0v) is 17.6. The minimum absolute atomic E-state index is 0.125. The number of anilines is 1. The Kier molecular flexibility index (Phi) is 6.73. The van der Waals surface area contributed by atoms with Crippen molar-refractivity contribution in [1.29, 1.82) is 0 Å². The van der Waals surface area contributed by atoms with Crippen LogP contribution in [0.15, 0.2) is 36.7 Å². The van der Waals surface area contributed by atoms with E-state index in [1.165, 1.54) is 0 Å². The molecule has 6 heteroatoms. The average molecular weight is 384 g/mol. The Morgan fingerprint density at radius 3 is 2.75 bits per heavy atom. The molecule has 0 bridgehead atoms. The molecule has 2 heterocycles. The molecule has 0 N–H and O–H groups in total. The van der Waals surface area contributed by atoms with Gasteiger partial charge >= 0.3 is 0 Å². The highest BCUT2D eigenvalue weighted by molar-refractivity contribution is 5.99. The zero-order chi connectivity index (χ0) is 20.1. The highest BCUT2D eigenvalue weighted by Crippen LogP contribution is 2.28. The Balaban J connectivity index is 1.72. The molecule has 3 rings (SSSR count). The number of piperidine rings is 1. The largest absolute Gasteiger partial charge is 0.377 e. The summed E-state index contributed by atoms with van der Waals surface area (Å²) in [5, 5.41) is 0. The molecule has 0 radical (unpaired) electrons. The first-order valence-corrected chi connectivity index (χ1v) is 10.2. The van der Waals surface area contributed by atoms with Gasteiger partial charge in [0, 0.05) is 57.7 Å². The van der Waals surface area contributed by atoms with Crippen LogP contribution in [-0.2, 0) is 6.54 Å². The molecule has 0 spiro atoms. The van der Waals surface area contributed by atoms with Crippen LogP contribution in [0.1, 0.15) is 41.4 Å². The second kappa shape index (κ2) is 9.24. The van der Waals surface area contributed by atoms with Gasteiger partial charge < -0.3 is 19.3 Å². The maximum Gasteiger partial charge on any atom is 0.255 e. The molecule has 1 aliphatic heterocycles. The predicted octanol–water partition coefficient (Wildman–Crippen LogP) is 2.92. The van der Waals surface area contributed by atoms with E-state index in [9.17, 15) is 4.79 Å². The Bertz CT molecular complexity index is 783. The molecule has 152 valence electrons. The molecule has 1 amide bonds. The Morgan fingerprint density at radius 2 is 2.00 bits per heavy atom. The molecule has 1 aromatic carbocycles. The van der Waals surface area contributed by atoms with Crippen molar-refractivity contribution in [3.8, 4) is 0 Å². The fraction of sp³-hybridized carbons (Fsp3) is 0.545. The topological polar surface area (TPSA) is 44.6 Å². The van der Waals surface area contributed by atoms with Crippen LogP contribution in [0.3, 0.4) is 0 Å². The van der Waals surface area contributed by atoms with Gasteiger partial charge in [-0.25, -0.2) is 4.98 Å². The van der Waals surface area contributed by atoms with Crippen molar-refractivity contribution < 1.29 is 4.79 Å². The molecule has 1 saturated heterocycles. The fourth-order valence-corrected chi connectivity index (χ4v) is 4.01. The van der Waals surface area contributed by atoms with Crippen LogP contribution >= 0.6 is 0 Å². The van der Waals surface area contributed by atoms with Crippen LogP contribution in [0, 0.1) is 0 Å². The summed E-state index contributed by atoms with van der Waals surface area (Å²) in [7, 11) is 8.17. The van der Waals surface area contributed by atoms with E-state index in [0.717, 1.165) is 62.5 Å². The monoisotopic (exact) mass is 383 g/mol.